The number of nitrogens with zero attached hydrogens (tertiary/aromatic N) is 1. The molecule has 0 spiro atoms. The van der Waals surface area contributed by atoms with E-state index in [9.17, 15) is 4.79 Å². The van der Waals surface area contributed by atoms with Gasteiger partial charge in [0.1, 0.15) is 13.2 Å². The van der Waals surface area contributed by atoms with Gasteiger partial charge in [-0.25, -0.2) is 9.78 Å². The highest BCUT2D eigenvalue weighted by Gasteiger charge is 2.13. The van der Waals surface area contributed by atoms with E-state index in [1.54, 1.807) is 5.38 Å². The van der Waals surface area contributed by atoms with Crippen LogP contribution in [0, 0.1) is 0 Å². The lowest BCUT2D eigenvalue weighted by Crippen LogP contribution is -2.15. The molecule has 1 aliphatic heterocycles. The molecule has 1 aromatic carbocycles. The minimum absolute atomic E-state index is 0.289. The van der Waals surface area contributed by atoms with Crippen molar-refractivity contribution in [3.63, 3.8) is 0 Å². The van der Waals surface area contributed by atoms with Crippen molar-refractivity contribution in [2.24, 2.45) is 0 Å². The fourth-order valence-corrected chi connectivity index (χ4v) is 2.47. The van der Waals surface area contributed by atoms with E-state index < -0.39 is 5.97 Å². The average Bonchev–Trinajstić information content (AvgIpc) is 2.95. The normalized spacial score (nSPS) is 12.8. The Morgan fingerprint density at radius 3 is 2.95 bits per heavy atom. The van der Waals surface area contributed by atoms with E-state index in [4.69, 9.17) is 9.47 Å². The Bertz CT molecular complexity index is 641. The lowest BCUT2D eigenvalue weighted by molar-refractivity contribution is 0.0595. The number of benzene rings is 1. The van der Waals surface area contributed by atoms with Gasteiger partial charge in [-0.1, -0.05) is 0 Å². The molecule has 3 rings (SSSR count). The van der Waals surface area contributed by atoms with Crippen LogP contribution in [0.15, 0.2) is 23.6 Å². The highest BCUT2D eigenvalue weighted by atomic mass is 32.1. The second-order valence-corrected chi connectivity index (χ2v) is 4.87. The van der Waals surface area contributed by atoms with Crippen LogP contribution in [0.4, 0.5) is 10.8 Å². The van der Waals surface area contributed by atoms with Gasteiger partial charge in [0.2, 0.25) is 0 Å². The van der Waals surface area contributed by atoms with Crippen LogP contribution in [0.3, 0.4) is 0 Å². The van der Waals surface area contributed by atoms with Crippen molar-refractivity contribution in [1.82, 2.24) is 4.98 Å². The Balaban J connectivity index is 1.77. The molecule has 0 atom stereocenters. The van der Waals surface area contributed by atoms with Crippen molar-refractivity contribution in [1.29, 1.82) is 0 Å². The zero-order valence-corrected chi connectivity index (χ0v) is 11.5. The van der Waals surface area contributed by atoms with Gasteiger partial charge in [0.25, 0.3) is 0 Å². The third-order valence-corrected chi connectivity index (χ3v) is 3.45. The summed E-state index contributed by atoms with van der Waals surface area (Å²) in [6.45, 7) is 1.11. The lowest BCUT2D eigenvalue weighted by atomic mass is 10.2. The molecule has 2 heterocycles. The highest BCUT2D eigenvalue weighted by molar-refractivity contribution is 7.14. The van der Waals surface area contributed by atoms with Gasteiger partial charge in [-0.2, -0.15) is 0 Å². The number of fused-ring (bicyclic) bond motifs is 1. The number of hydrogen-bond acceptors (Lipinski definition) is 7. The SMILES string of the molecule is COC(=O)c1csc(Nc2ccc3c(c2)OCCO3)n1. The average molecular weight is 292 g/mol. The molecule has 7 heteroatoms. The molecule has 0 bridgehead atoms. The number of aromatic nitrogens is 1. The number of rotatable bonds is 3. The summed E-state index contributed by atoms with van der Waals surface area (Å²) >= 11 is 1.33. The highest BCUT2D eigenvalue weighted by Crippen LogP contribution is 2.34. The van der Waals surface area contributed by atoms with Crippen molar-refractivity contribution in [2.75, 3.05) is 25.6 Å². The molecular formula is C13H12N2O4S. The maximum Gasteiger partial charge on any atom is 0.357 e. The van der Waals surface area contributed by atoms with Crippen LogP contribution in [-0.2, 0) is 4.74 Å². The van der Waals surface area contributed by atoms with E-state index in [2.05, 4.69) is 15.0 Å². The zero-order valence-electron chi connectivity index (χ0n) is 10.7. The Morgan fingerprint density at radius 2 is 2.15 bits per heavy atom. The van der Waals surface area contributed by atoms with E-state index in [0.29, 0.717) is 24.1 Å². The standard InChI is InChI=1S/C13H12N2O4S/c1-17-12(16)9-7-20-13(15-9)14-8-2-3-10-11(6-8)19-5-4-18-10/h2-3,6-7H,4-5H2,1H3,(H,14,15). The summed E-state index contributed by atoms with van der Waals surface area (Å²) in [7, 11) is 1.33. The van der Waals surface area contributed by atoms with Crippen LogP contribution < -0.4 is 14.8 Å². The van der Waals surface area contributed by atoms with Gasteiger partial charge in [0, 0.05) is 17.1 Å². The Hall–Kier alpha value is -2.28. The Labute approximate surface area is 119 Å². The van der Waals surface area contributed by atoms with E-state index in [1.807, 2.05) is 18.2 Å². The minimum atomic E-state index is -0.448. The van der Waals surface area contributed by atoms with E-state index in [-0.39, 0.29) is 5.69 Å². The third kappa shape index (κ3) is 2.53. The van der Waals surface area contributed by atoms with Crippen LogP contribution in [0.1, 0.15) is 10.5 Å². The Morgan fingerprint density at radius 1 is 1.35 bits per heavy atom. The van der Waals surface area contributed by atoms with Crippen LogP contribution in [-0.4, -0.2) is 31.3 Å². The van der Waals surface area contributed by atoms with Crippen molar-refractivity contribution in [3.8, 4) is 11.5 Å². The number of nitrogens with one attached hydrogen (secondary N) is 1. The number of methoxy groups -OCH3 is 1. The Kier molecular flexibility index (Phi) is 3.42. The van der Waals surface area contributed by atoms with E-state index in [0.717, 1.165) is 11.4 Å². The second kappa shape index (κ2) is 5.38. The summed E-state index contributed by atoms with van der Waals surface area (Å²) in [6, 6.07) is 5.55. The molecule has 0 fully saturated rings. The van der Waals surface area contributed by atoms with Gasteiger partial charge >= 0.3 is 5.97 Å². The maximum atomic E-state index is 11.3. The van der Waals surface area contributed by atoms with E-state index in [1.165, 1.54) is 18.4 Å². The largest absolute Gasteiger partial charge is 0.486 e. The van der Waals surface area contributed by atoms with Gasteiger partial charge in [0.05, 0.1) is 7.11 Å². The predicted molar refractivity (Wildman–Crippen MR) is 74.2 cm³/mol. The molecule has 6 nitrogen and oxygen atoms in total. The summed E-state index contributed by atoms with van der Waals surface area (Å²) in [5.74, 6) is 0.985. The molecular weight excluding hydrogens is 280 g/mol. The van der Waals surface area contributed by atoms with Gasteiger partial charge in [0.15, 0.2) is 22.3 Å². The van der Waals surface area contributed by atoms with E-state index >= 15 is 0 Å². The number of anilines is 2. The number of ether oxygens (including phenoxy) is 3. The molecule has 1 aromatic heterocycles. The maximum absolute atomic E-state index is 11.3. The minimum Gasteiger partial charge on any atom is -0.486 e. The second-order valence-electron chi connectivity index (χ2n) is 4.01. The third-order valence-electron chi connectivity index (χ3n) is 2.69. The molecule has 0 saturated heterocycles. The fourth-order valence-electron chi connectivity index (χ4n) is 1.77. The monoisotopic (exact) mass is 292 g/mol. The number of hydrogen-bond donors (Lipinski definition) is 1. The van der Waals surface area contributed by atoms with Crippen LogP contribution in [0.2, 0.25) is 0 Å². The predicted octanol–water partition coefficient (Wildman–Crippen LogP) is 2.44. The van der Waals surface area contributed by atoms with Crippen molar-refractivity contribution in [3.05, 3.63) is 29.3 Å². The van der Waals surface area contributed by atoms with Gasteiger partial charge in [-0.15, -0.1) is 11.3 Å². The number of carbonyl (C=O) groups is 1. The lowest BCUT2D eigenvalue weighted by Gasteiger charge is -2.18. The molecule has 0 saturated carbocycles. The molecule has 104 valence electrons. The summed E-state index contributed by atoms with van der Waals surface area (Å²) in [5.41, 5.74) is 1.11. The molecule has 1 aliphatic rings. The first-order valence-corrected chi connectivity index (χ1v) is 6.85. The summed E-state index contributed by atoms with van der Waals surface area (Å²) in [6.07, 6.45) is 0. The number of carbonyl (C=O) groups excluding carboxylic acids is 1. The molecule has 0 unspecified atom stereocenters. The zero-order chi connectivity index (χ0) is 13.9. The summed E-state index contributed by atoms with van der Waals surface area (Å²) in [5, 5.41) is 5.38. The molecule has 1 N–H and O–H groups in total. The van der Waals surface area contributed by atoms with Crippen molar-refractivity contribution in [2.45, 2.75) is 0 Å². The van der Waals surface area contributed by atoms with Gasteiger partial charge < -0.3 is 19.5 Å². The summed E-state index contributed by atoms with van der Waals surface area (Å²) in [4.78, 5) is 15.5. The number of thiazole rings is 1. The first kappa shape index (κ1) is 12.7. The van der Waals surface area contributed by atoms with Crippen LogP contribution >= 0.6 is 11.3 Å². The summed E-state index contributed by atoms with van der Waals surface area (Å²) < 4.78 is 15.6. The van der Waals surface area contributed by atoms with Crippen molar-refractivity contribution >= 4 is 28.1 Å². The molecule has 0 aliphatic carbocycles. The quantitative estimate of drug-likeness (QED) is 0.876. The van der Waals surface area contributed by atoms with Crippen LogP contribution in [0.25, 0.3) is 0 Å². The van der Waals surface area contributed by atoms with Gasteiger partial charge in [-0.3, -0.25) is 0 Å². The molecule has 2 aromatic rings. The first-order valence-electron chi connectivity index (χ1n) is 5.97. The molecule has 0 radical (unpaired) electrons. The van der Waals surface area contributed by atoms with Gasteiger partial charge in [-0.05, 0) is 12.1 Å². The first-order chi connectivity index (χ1) is 9.76. The smallest absolute Gasteiger partial charge is 0.357 e. The molecule has 20 heavy (non-hydrogen) atoms. The molecule has 0 amide bonds. The van der Waals surface area contributed by atoms with Crippen LogP contribution in [0.5, 0.6) is 11.5 Å². The number of esters is 1. The topological polar surface area (TPSA) is 69.7 Å². The van der Waals surface area contributed by atoms with Crippen molar-refractivity contribution < 1.29 is 19.0 Å². The fraction of sp³-hybridized carbons (Fsp3) is 0.231.